The summed E-state index contributed by atoms with van der Waals surface area (Å²) in [5.41, 5.74) is 0. The number of unbranched alkanes of at least 4 members (excludes halogenated alkanes) is 5. The summed E-state index contributed by atoms with van der Waals surface area (Å²) in [6, 6.07) is 0. The molecule has 0 aliphatic carbocycles. The third kappa shape index (κ3) is 13.4. The molecule has 0 fully saturated rings. The van der Waals surface area contributed by atoms with Crippen molar-refractivity contribution in [2.45, 2.75) is 44.9 Å². The number of aliphatic carboxylic acids is 1. The van der Waals surface area contributed by atoms with E-state index in [2.05, 4.69) is 0 Å². The van der Waals surface area contributed by atoms with E-state index < -0.39 is 5.97 Å². The van der Waals surface area contributed by atoms with E-state index in [-0.39, 0.29) is 0 Å². The van der Waals surface area contributed by atoms with Crippen molar-refractivity contribution >= 4 is 5.97 Å². The Hall–Kier alpha value is -0.610. The first-order valence-corrected chi connectivity index (χ1v) is 6.06. The van der Waals surface area contributed by atoms with Crippen LogP contribution >= 0.6 is 0 Å². The summed E-state index contributed by atoms with van der Waals surface area (Å²) in [4.78, 5) is 10.2. The fraction of sp³-hybridized carbons (Fsp3) is 0.917. The van der Waals surface area contributed by atoms with Crippen LogP contribution in [0.4, 0.5) is 0 Å². The van der Waals surface area contributed by atoms with Gasteiger partial charge in [0.25, 0.3) is 0 Å². The molecule has 0 saturated heterocycles. The molecule has 0 radical (unpaired) electrons. The first-order chi connectivity index (χ1) is 7.77. The minimum atomic E-state index is -0.688. The number of hydrogen-bond acceptors (Lipinski definition) is 3. The van der Waals surface area contributed by atoms with Crippen LogP contribution in [0.15, 0.2) is 0 Å². The molecule has 0 atom stereocenters. The number of carboxylic acids is 1. The molecule has 0 heterocycles. The van der Waals surface area contributed by atoms with Crippen LogP contribution in [0.25, 0.3) is 0 Å². The van der Waals surface area contributed by atoms with Gasteiger partial charge in [0.2, 0.25) is 0 Å². The van der Waals surface area contributed by atoms with E-state index in [4.69, 9.17) is 14.6 Å². The Balaban J connectivity index is 2.90. The molecular weight excluding hydrogens is 208 g/mol. The molecule has 4 nitrogen and oxygen atoms in total. The molecule has 0 rings (SSSR count). The Morgan fingerprint density at radius 2 is 1.56 bits per heavy atom. The van der Waals surface area contributed by atoms with Crippen LogP contribution in [0, 0.1) is 0 Å². The number of ether oxygens (including phenoxy) is 2. The predicted molar refractivity (Wildman–Crippen MR) is 62.6 cm³/mol. The fourth-order valence-electron chi connectivity index (χ4n) is 1.43. The lowest BCUT2D eigenvalue weighted by atomic mass is 10.1. The summed E-state index contributed by atoms with van der Waals surface area (Å²) in [6.45, 7) is 2.14. The maximum absolute atomic E-state index is 10.2. The summed E-state index contributed by atoms with van der Waals surface area (Å²) in [5, 5.41) is 8.43. The SMILES string of the molecule is COCCOCCCCCCCCC(=O)O. The molecule has 0 aromatic rings. The van der Waals surface area contributed by atoms with E-state index in [9.17, 15) is 4.79 Å². The molecule has 0 spiro atoms. The zero-order chi connectivity index (χ0) is 12.1. The van der Waals surface area contributed by atoms with E-state index in [0.717, 1.165) is 32.3 Å². The molecule has 0 saturated carbocycles. The van der Waals surface area contributed by atoms with Crippen LogP contribution in [-0.4, -0.2) is 38.0 Å². The van der Waals surface area contributed by atoms with Gasteiger partial charge in [-0.25, -0.2) is 0 Å². The quantitative estimate of drug-likeness (QED) is 0.525. The maximum Gasteiger partial charge on any atom is 0.303 e. The summed E-state index contributed by atoms with van der Waals surface area (Å²) >= 11 is 0. The van der Waals surface area contributed by atoms with Crippen molar-refractivity contribution < 1.29 is 19.4 Å². The topological polar surface area (TPSA) is 55.8 Å². The Morgan fingerprint density at radius 3 is 2.19 bits per heavy atom. The summed E-state index contributed by atoms with van der Waals surface area (Å²) < 4.78 is 10.2. The Bertz CT molecular complexity index is 159. The number of hydrogen-bond donors (Lipinski definition) is 1. The highest BCUT2D eigenvalue weighted by atomic mass is 16.5. The summed E-state index contributed by atoms with van der Waals surface area (Å²) in [5.74, 6) is -0.688. The molecule has 0 aromatic carbocycles. The van der Waals surface area contributed by atoms with Crippen molar-refractivity contribution in [3.63, 3.8) is 0 Å². The largest absolute Gasteiger partial charge is 0.481 e. The van der Waals surface area contributed by atoms with Crippen LogP contribution in [0.3, 0.4) is 0 Å². The van der Waals surface area contributed by atoms with Crippen LogP contribution in [0.5, 0.6) is 0 Å². The predicted octanol–water partition coefficient (Wildman–Crippen LogP) is 2.46. The standard InChI is InChI=1S/C12H24O4/c1-15-10-11-16-9-7-5-3-2-4-6-8-12(13)14/h2-11H2,1H3,(H,13,14). The number of rotatable bonds is 12. The first kappa shape index (κ1) is 15.4. The van der Waals surface area contributed by atoms with Crippen molar-refractivity contribution in [2.24, 2.45) is 0 Å². The van der Waals surface area contributed by atoms with Crippen molar-refractivity contribution in [1.29, 1.82) is 0 Å². The molecule has 0 aromatic heterocycles. The van der Waals surface area contributed by atoms with Crippen LogP contribution in [-0.2, 0) is 14.3 Å². The molecule has 1 N–H and O–H groups in total. The smallest absolute Gasteiger partial charge is 0.303 e. The number of methoxy groups -OCH3 is 1. The second-order valence-corrected chi connectivity index (χ2v) is 3.87. The van der Waals surface area contributed by atoms with E-state index in [1.807, 2.05) is 0 Å². The van der Waals surface area contributed by atoms with Crippen LogP contribution in [0.2, 0.25) is 0 Å². The highest BCUT2D eigenvalue weighted by Crippen LogP contribution is 2.07. The summed E-state index contributed by atoms with van der Waals surface area (Å²) in [7, 11) is 1.67. The van der Waals surface area contributed by atoms with Crippen molar-refractivity contribution in [3.8, 4) is 0 Å². The fourth-order valence-corrected chi connectivity index (χ4v) is 1.43. The summed E-state index contributed by atoms with van der Waals surface area (Å²) in [6.07, 6.45) is 6.69. The van der Waals surface area contributed by atoms with E-state index in [1.165, 1.54) is 12.8 Å². The van der Waals surface area contributed by atoms with Crippen molar-refractivity contribution in [3.05, 3.63) is 0 Å². The average molecular weight is 232 g/mol. The molecule has 0 amide bonds. The van der Waals surface area contributed by atoms with Gasteiger partial charge in [-0.3, -0.25) is 4.79 Å². The van der Waals surface area contributed by atoms with Gasteiger partial charge in [-0.15, -0.1) is 0 Å². The number of carboxylic acid groups (broad SMARTS) is 1. The van der Waals surface area contributed by atoms with Crippen molar-refractivity contribution in [1.82, 2.24) is 0 Å². The molecule has 4 heteroatoms. The molecule has 96 valence electrons. The average Bonchev–Trinajstić information content (AvgIpc) is 2.25. The lowest BCUT2D eigenvalue weighted by molar-refractivity contribution is -0.137. The zero-order valence-electron chi connectivity index (χ0n) is 10.2. The van der Waals surface area contributed by atoms with Gasteiger partial charge < -0.3 is 14.6 Å². The Kier molecular flexibility index (Phi) is 12.0. The lowest BCUT2D eigenvalue weighted by Crippen LogP contribution is -2.02. The third-order valence-corrected chi connectivity index (χ3v) is 2.36. The van der Waals surface area contributed by atoms with Crippen molar-refractivity contribution in [2.75, 3.05) is 26.9 Å². The van der Waals surface area contributed by atoms with E-state index in [1.54, 1.807) is 7.11 Å². The second kappa shape index (κ2) is 12.5. The van der Waals surface area contributed by atoms with E-state index in [0.29, 0.717) is 19.6 Å². The third-order valence-electron chi connectivity index (χ3n) is 2.36. The van der Waals surface area contributed by atoms with Gasteiger partial charge in [-0.05, 0) is 12.8 Å². The molecule has 0 bridgehead atoms. The van der Waals surface area contributed by atoms with Gasteiger partial charge in [-0.2, -0.15) is 0 Å². The molecule has 16 heavy (non-hydrogen) atoms. The monoisotopic (exact) mass is 232 g/mol. The maximum atomic E-state index is 10.2. The Morgan fingerprint density at radius 1 is 0.938 bits per heavy atom. The zero-order valence-corrected chi connectivity index (χ0v) is 10.2. The number of carbonyl (C=O) groups is 1. The van der Waals surface area contributed by atoms with Gasteiger partial charge in [0.1, 0.15) is 0 Å². The van der Waals surface area contributed by atoms with Crippen LogP contribution < -0.4 is 0 Å². The minimum absolute atomic E-state index is 0.306. The molecule has 0 aliphatic heterocycles. The second-order valence-electron chi connectivity index (χ2n) is 3.87. The molecule has 0 unspecified atom stereocenters. The lowest BCUT2D eigenvalue weighted by Gasteiger charge is -2.03. The van der Waals surface area contributed by atoms with Gasteiger partial charge in [-0.1, -0.05) is 25.7 Å². The first-order valence-electron chi connectivity index (χ1n) is 6.06. The van der Waals surface area contributed by atoms with Gasteiger partial charge in [0.15, 0.2) is 0 Å². The highest BCUT2D eigenvalue weighted by molar-refractivity contribution is 5.66. The minimum Gasteiger partial charge on any atom is -0.481 e. The Labute approximate surface area is 97.9 Å². The normalized spacial score (nSPS) is 10.6. The molecule has 0 aliphatic rings. The highest BCUT2D eigenvalue weighted by Gasteiger charge is 1.96. The molecular formula is C12H24O4. The van der Waals surface area contributed by atoms with Crippen LogP contribution in [0.1, 0.15) is 44.9 Å². The van der Waals surface area contributed by atoms with Gasteiger partial charge in [0, 0.05) is 20.1 Å². The van der Waals surface area contributed by atoms with Gasteiger partial charge in [0.05, 0.1) is 13.2 Å². The van der Waals surface area contributed by atoms with Gasteiger partial charge >= 0.3 is 5.97 Å². The van der Waals surface area contributed by atoms with E-state index >= 15 is 0 Å².